The molecule has 0 fully saturated rings. The average Bonchev–Trinajstić information content (AvgIpc) is 3.13. The Labute approximate surface area is 195 Å². The first-order chi connectivity index (χ1) is 15.7. The van der Waals surface area contributed by atoms with E-state index in [1.165, 1.54) is 34.5 Å². The van der Waals surface area contributed by atoms with Gasteiger partial charge in [0.05, 0.1) is 29.3 Å². The van der Waals surface area contributed by atoms with Gasteiger partial charge in [-0.15, -0.1) is 22.0 Å². The van der Waals surface area contributed by atoms with Crippen LogP contribution in [-0.2, 0) is 29.4 Å². The topological polar surface area (TPSA) is 80.1 Å². The van der Waals surface area contributed by atoms with Crippen LogP contribution in [0.4, 0.5) is 24.5 Å². The lowest BCUT2D eigenvalue weighted by atomic mass is 10.1. The molecule has 7 nitrogen and oxygen atoms in total. The molecule has 33 heavy (non-hydrogen) atoms. The molecule has 0 aliphatic carbocycles. The molecule has 0 saturated heterocycles. The maximum absolute atomic E-state index is 13.2. The Kier molecular flexibility index (Phi) is 6.66. The highest BCUT2D eigenvalue weighted by Gasteiger charge is 2.34. The van der Waals surface area contributed by atoms with Crippen molar-refractivity contribution in [2.24, 2.45) is 7.05 Å². The highest BCUT2D eigenvalue weighted by molar-refractivity contribution is 8.00. The van der Waals surface area contributed by atoms with Crippen LogP contribution in [-0.4, -0.2) is 38.1 Å². The van der Waals surface area contributed by atoms with E-state index in [-0.39, 0.29) is 35.6 Å². The number of para-hydroxylation sites is 1. The Morgan fingerprint density at radius 2 is 1.94 bits per heavy atom. The van der Waals surface area contributed by atoms with Crippen molar-refractivity contribution in [2.45, 2.75) is 22.8 Å². The highest BCUT2D eigenvalue weighted by Crippen LogP contribution is 2.40. The largest absolute Gasteiger partial charge is 0.416 e. The summed E-state index contributed by atoms with van der Waals surface area (Å²) in [7, 11) is 1.68. The first-order valence-corrected chi connectivity index (χ1v) is 11.7. The summed E-state index contributed by atoms with van der Waals surface area (Å²) >= 11 is 2.37. The Balaban J connectivity index is 1.47. The van der Waals surface area contributed by atoms with Crippen LogP contribution in [0.15, 0.2) is 58.6 Å². The van der Waals surface area contributed by atoms with E-state index in [4.69, 9.17) is 0 Å². The lowest BCUT2D eigenvalue weighted by Gasteiger charge is -2.29. The van der Waals surface area contributed by atoms with Gasteiger partial charge in [0.25, 0.3) is 0 Å². The third-order valence-corrected chi connectivity index (χ3v) is 6.91. The number of rotatable bonds is 6. The summed E-state index contributed by atoms with van der Waals surface area (Å²) in [6.45, 7) is -0.0338. The van der Waals surface area contributed by atoms with Gasteiger partial charge in [-0.25, -0.2) is 0 Å². The fourth-order valence-corrected chi connectivity index (χ4v) is 4.80. The number of carbonyl (C=O) groups is 2. The van der Waals surface area contributed by atoms with E-state index in [1.807, 2.05) is 18.2 Å². The Hall–Kier alpha value is -2.99. The van der Waals surface area contributed by atoms with Crippen LogP contribution < -0.4 is 10.2 Å². The van der Waals surface area contributed by atoms with Gasteiger partial charge in [0.15, 0.2) is 11.0 Å². The van der Waals surface area contributed by atoms with E-state index >= 15 is 0 Å². The molecular formula is C21H18F3N5O2S2. The van der Waals surface area contributed by atoms with Gasteiger partial charge < -0.3 is 14.8 Å². The molecule has 1 aliphatic rings. The van der Waals surface area contributed by atoms with Crippen LogP contribution in [0, 0.1) is 0 Å². The van der Waals surface area contributed by atoms with Gasteiger partial charge in [-0.2, -0.15) is 13.2 Å². The predicted molar refractivity (Wildman–Crippen MR) is 120 cm³/mol. The number of amides is 2. The number of nitrogens with one attached hydrogen (secondary N) is 1. The molecule has 0 bridgehead atoms. The number of hydrogen-bond acceptors (Lipinski definition) is 6. The molecule has 4 rings (SSSR count). The number of carbonyl (C=O) groups excluding carboxylic acids is 2. The van der Waals surface area contributed by atoms with Crippen LogP contribution in [0.3, 0.4) is 0 Å². The number of anilines is 2. The number of alkyl halides is 3. The number of halogens is 3. The molecule has 0 atom stereocenters. The first-order valence-electron chi connectivity index (χ1n) is 9.73. The minimum atomic E-state index is -4.51. The van der Waals surface area contributed by atoms with Crippen molar-refractivity contribution in [3.63, 3.8) is 0 Å². The molecule has 1 aliphatic heterocycles. The molecule has 0 unspecified atom stereocenters. The molecule has 0 spiro atoms. The Morgan fingerprint density at radius 3 is 2.67 bits per heavy atom. The van der Waals surface area contributed by atoms with E-state index in [1.54, 1.807) is 23.7 Å². The smallest absolute Gasteiger partial charge is 0.325 e. The Bertz CT molecular complexity index is 1180. The number of thioether (sulfide) groups is 2. The van der Waals surface area contributed by atoms with Crippen molar-refractivity contribution in [3.05, 3.63) is 59.9 Å². The van der Waals surface area contributed by atoms with Gasteiger partial charge in [-0.05, 0) is 30.3 Å². The Morgan fingerprint density at radius 1 is 1.18 bits per heavy atom. The fraction of sp³-hybridized carbons (Fsp3) is 0.238. The molecule has 0 radical (unpaired) electrons. The summed E-state index contributed by atoms with van der Waals surface area (Å²) in [5, 5.41) is 11.4. The first kappa shape index (κ1) is 23.2. The summed E-state index contributed by atoms with van der Waals surface area (Å²) in [5.41, 5.74) is 0.0610. The van der Waals surface area contributed by atoms with E-state index < -0.39 is 11.7 Å². The van der Waals surface area contributed by atoms with E-state index in [2.05, 4.69) is 15.5 Å². The van der Waals surface area contributed by atoms with Crippen LogP contribution in [0.5, 0.6) is 0 Å². The standard InChI is InChI=1S/C21H18F3N5O2S2/c1-28-17(26-27-20(28)33-11-18(30)25-14-5-3-2-4-6-14)10-29-15-9-13(21(22,23)24)7-8-16(15)32-12-19(29)31/h2-9H,10-12H2,1H3,(H,25,30). The predicted octanol–water partition coefficient (Wildman–Crippen LogP) is 4.20. The normalized spacial score (nSPS) is 13.7. The van der Waals surface area contributed by atoms with Crippen molar-refractivity contribution in [1.29, 1.82) is 0 Å². The van der Waals surface area contributed by atoms with Crippen molar-refractivity contribution in [3.8, 4) is 0 Å². The molecule has 12 heteroatoms. The van der Waals surface area contributed by atoms with Crippen molar-refractivity contribution < 1.29 is 22.8 Å². The maximum atomic E-state index is 13.2. The van der Waals surface area contributed by atoms with Gasteiger partial charge in [0, 0.05) is 17.6 Å². The summed E-state index contributed by atoms with van der Waals surface area (Å²) in [5.74, 6) is 0.0820. The summed E-state index contributed by atoms with van der Waals surface area (Å²) < 4.78 is 41.2. The van der Waals surface area contributed by atoms with E-state index in [0.29, 0.717) is 21.6 Å². The summed E-state index contributed by atoms with van der Waals surface area (Å²) in [4.78, 5) is 26.6. The van der Waals surface area contributed by atoms with E-state index in [9.17, 15) is 22.8 Å². The number of fused-ring (bicyclic) bond motifs is 1. The fourth-order valence-electron chi connectivity index (χ4n) is 3.15. The van der Waals surface area contributed by atoms with Crippen molar-refractivity contribution in [2.75, 3.05) is 21.7 Å². The lowest BCUT2D eigenvalue weighted by molar-refractivity contribution is -0.137. The van der Waals surface area contributed by atoms with E-state index in [0.717, 1.165) is 12.1 Å². The maximum Gasteiger partial charge on any atom is 0.416 e. The molecule has 172 valence electrons. The SMILES string of the molecule is Cn1c(CN2C(=O)CSc3ccc(C(F)(F)F)cc32)nnc1SCC(=O)Nc1ccccc1. The summed E-state index contributed by atoms with van der Waals surface area (Å²) in [6, 6.07) is 12.4. The quantitative estimate of drug-likeness (QED) is 0.519. The van der Waals surface area contributed by atoms with Gasteiger partial charge in [0.2, 0.25) is 11.8 Å². The number of nitrogens with zero attached hydrogens (tertiary/aromatic N) is 4. The van der Waals surface area contributed by atoms with Crippen LogP contribution in [0.1, 0.15) is 11.4 Å². The van der Waals surface area contributed by atoms with Gasteiger partial charge in [-0.1, -0.05) is 30.0 Å². The van der Waals surface area contributed by atoms with Crippen LogP contribution >= 0.6 is 23.5 Å². The van der Waals surface area contributed by atoms with Crippen LogP contribution in [0.2, 0.25) is 0 Å². The zero-order valence-corrected chi connectivity index (χ0v) is 18.9. The monoisotopic (exact) mass is 493 g/mol. The molecular weight excluding hydrogens is 475 g/mol. The molecule has 3 aromatic rings. The number of hydrogen-bond donors (Lipinski definition) is 1. The second-order valence-corrected chi connectivity index (χ2v) is 9.07. The second-order valence-electron chi connectivity index (χ2n) is 7.11. The third kappa shape index (κ3) is 5.33. The van der Waals surface area contributed by atoms with Gasteiger partial charge in [-0.3, -0.25) is 9.59 Å². The van der Waals surface area contributed by atoms with Gasteiger partial charge >= 0.3 is 6.18 Å². The van der Waals surface area contributed by atoms with Gasteiger partial charge in [0.1, 0.15) is 0 Å². The number of aromatic nitrogens is 3. The summed E-state index contributed by atoms with van der Waals surface area (Å²) in [6.07, 6.45) is -4.51. The van der Waals surface area contributed by atoms with Crippen LogP contribution in [0.25, 0.3) is 0 Å². The van der Waals surface area contributed by atoms with Crippen molar-refractivity contribution >= 4 is 46.7 Å². The molecule has 0 saturated carbocycles. The third-order valence-electron chi connectivity index (χ3n) is 4.84. The molecule has 2 amide bonds. The minimum absolute atomic E-state index is 0.0338. The molecule has 2 heterocycles. The molecule has 2 aromatic carbocycles. The average molecular weight is 494 g/mol. The lowest BCUT2D eigenvalue weighted by Crippen LogP contribution is -2.36. The molecule has 1 N–H and O–H groups in total. The highest BCUT2D eigenvalue weighted by atomic mass is 32.2. The van der Waals surface area contributed by atoms with Crippen molar-refractivity contribution in [1.82, 2.24) is 14.8 Å². The second kappa shape index (κ2) is 9.48. The zero-order valence-electron chi connectivity index (χ0n) is 17.3. The number of benzene rings is 2. The minimum Gasteiger partial charge on any atom is -0.325 e. The molecule has 1 aromatic heterocycles. The zero-order chi connectivity index (χ0) is 23.6.